The lowest BCUT2D eigenvalue weighted by molar-refractivity contribution is 0.717. The molecule has 0 aromatic heterocycles. The molecule has 2 rings (SSSR count). The van der Waals surface area contributed by atoms with E-state index in [1.54, 1.807) is 5.56 Å². The number of hydrogen-bond acceptors (Lipinski definition) is 0. The van der Waals surface area contributed by atoms with Crippen molar-refractivity contribution in [2.75, 3.05) is 0 Å². The maximum Gasteiger partial charge on any atom is 0.0474 e. The first-order chi connectivity index (χ1) is 6.81. The second-order valence-corrected chi connectivity index (χ2v) is 4.57. The molecule has 1 aromatic rings. The van der Waals surface area contributed by atoms with Gasteiger partial charge in [-0.2, -0.15) is 0 Å². The molecule has 1 fully saturated rings. The van der Waals surface area contributed by atoms with Crippen LogP contribution >= 0.6 is 11.6 Å². The Morgan fingerprint density at radius 2 is 2.00 bits per heavy atom. The van der Waals surface area contributed by atoms with Crippen molar-refractivity contribution in [3.05, 3.63) is 34.9 Å². The highest BCUT2D eigenvalue weighted by Gasteiger charge is 2.18. The first-order valence-electron chi connectivity index (χ1n) is 5.46. The maximum absolute atomic E-state index is 5.81. The van der Waals surface area contributed by atoms with Gasteiger partial charge in [0, 0.05) is 5.88 Å². The average Bonchev–Trinajstić information content (AvgIpc) is 2.70. The van der Waals surface area contributed by atoms with E-state index in [9.17, 15) is 0 Å². The molecular formula is C13H17Cl. The average molecular weight is 209 g/mol. The van der Waals surface area contributed by atoms with Crippen molar-refractivity contribution in [1.82, 2.24) is 0 Å². The summed E-state index contributed by atoms with van der Waals surface area (Å²) in [7, 11) is 0. The van der Waals surface area contributed by atoms with Crippen LogP contribution < -0.4 is 0 Å². The molecule has 1 heteroatoms. The van der Waals surface area contributed by atoms with Gasteiger partial charge in [0.05, 0.1) is 0 Å². The van der Waals surface area contributed by atoms with Gasteiger partial charge in [-0.05, 0) is 42.4 Å². The Labute approximate surface area is 91.3 Å². The van der Waals surface area contributed by atoms with E-state index in [0.29, 0.717) is 5.88 Å². The quantitative estimate of drug-likeness (QED) is 0.633. The zero-order valence-corrected chi connectivity index (χ0v) is 9.48. The summed E-state index contributed by atoms with van der Waals surface area (Å²) >= 11 is 5.81. The van der Waals surface area contributed by atoms with E-state index in [-0.39, 0.29) is 0 Å². The molecule has 1 saturated carbocycles. The Morgan fingerprint density at radius 1 is 1.29 bits per heavy atom. The molecule has 0 aliphatic heterocycles. The van der Waals surface area contributed by atoms with Gasteiger partial charge in [0.2, 0.25) is 0 Å². The van der Waals surface area contributed by atoms with Gasteiger partial charge in [0.1, 0.15) is 0 Å². The second kappa shape index (κ2) is 4.35. The first-order valence-corrected chi connectivity index (χ1v) is 6.00. The number of halogens is 1. The summed E-state index contributed by atoms with van der Waals surface area (Å²) in [5.74, 6) is 1.45. The molecule has 0 amide bonds. The van der Waals surface area contributed by atoms with Crippen LogP contribution in [0.1, 0.15) is 48.3 Å². The predicted molar refractivity (Wildman–Crippen MR) is 61.9 cm³/mol. The number of benzene rings is 1. The molecule has 1 aliphatic carbocycles. The van der Waals surface area contributed by atoms with Gasteiger partial charge in [-0.25, -0.2) is 0 Å². The Morgan fingerprint density at radius 3 is 2.57 bits per heavy atom. The molecule has 0 heterocycles. The van der Waals surface area contributed by atoms with E-state index in [0.717, 1.165) is 5.92 Å². The molecule has 0 nitrogen and oxygen atoms in total. The minimum absolute atomic E-state index is 0.631. The van der Waals surface area contributed by atoms with Crippen molar-refractivity contribution in [3.8, 4) is 0 Å². The van der Waals surface area contributed by atoms with Crippen molar-refractivity contribution in [2.45, 2.75) is 44.4 Å². The smallest absolute Gasteiger partial charge is 0.0474 e. The van der Waals surface area contributed by atoms with Crippen LogP contribution in [0.15, 0.2) is 18.2 Å². The van der Waals surface area contributed by atoms with E-state index >= 15 is 0 Å². The topological polar surface area (TPSA) is 0 Å². The van der Waals surface area contributed by atoms with Crippen LogP contribution in [0.2, 0.25) is 0 Å². The number of rotatable bonds is 2. The molecule has 0 saturated heterocycles. The van der Waals surface area contributed by atoms with Crippen molar-refractivity contribution in [2.24, 2.45) is 0 Å². The van der Waals surface area contributed by atoms with Gasteiger partial charge in [0.25, 0.3) is 0 Å². The Hall–Kier alpha value is -0.490. The van der Waals surface area contributed by atoms with Crippen LogP contribution in [0.4, 0.5) is 0 Å². The summed E-state index contributed by atoms with van der Waals surface area (Å²) in [6, 6.07) is 6.69. The molecular weight excluding hydrogens is 192 g/mol. The third-order valence-corrected chi connectivity index (χ3v) is 3.59. The molecule has 14 heavy (non-hydrogen) atoms. The van der Waals surface area contributed by atoms with Crippen LogP contribution in [0.25, 0.3) is 0 Å². The minimum Gasteiger partial charge on any atom is -0.122 e. The van der Waals surface area contributed by atoms with Gasteiger partial charge in [-0.15, -0.1) is 11.6 Å². The molecule has 0 unspecified atom stereocenters. The molecule has 0 atom stereocenters. The Balaban J connectivity index is 2.25. The van der Waals surface area contributed by atoms with Crippen LogP contribution in [-0.2, 0) is 5.88 Å². The summed E-state index contributed by atoms with van der Waals surface area (Å²) in [5.41, 5.74) is 4.22. The van der Waals surface area contributed by atoms with Gasteiger partial charge in [0.15, 0.2) is 0 Å². The standard InChI is InChI=1S/C13H17Cl/c1-10-8-11(9-14)6-7-13(10)12-4-2-3-5-12/h6-8,12H,2-5,9H2,1H3. The zero-order chi connectivity index (χ0) is 9.97. The van der Waals surface area contributed by atoms with Gasteiger partial charge in [-0.3, -0.25) is 0 Å². The fourth-order valence-electron chi connectivity index (χ4n) is 2.52. The van der Waals surface area contributed by atoms with Crippen molar-refractivity contribution in [3.63, 3.8) is 0 Å². The van der Waals surface area contributed by atoms with E-state index in [1.165, 1.54) is 36.8 Å². The SMILES string of the molecule is Cc1cc(CCl)ccc1C1CCCC1. The Bertz CT molecular complexity index is 311. The summed E-state index contributed by atoms with van der Waals surface area (Å²) in [6.45, 7) is 2.21. The molecule has 1 aliphatic rings. The lowest BCUT2D eigenvalue weighted by Gasteiger charge is -2.13. The van der Waals surface area contributed by atoms with E-state index in [1.807, 2.05) is 0 Å². The van der Waals surface area contributed by atoms with Gasteiger partial charge >= 0.3 is 0 Å². The fraction of sp³-hybridized carbons (Fsp3) is 0.538. The summed E-state index contributed by atoms with van der Waals surface area (Å²) in [5, 5.41) is 0. The van der Waals surface area contributed by atoms with Crippen molar-refractivity contribution >= 4 is 11.6 Å². The zero-order valence-electron chi connectivity index (χ0n) is 8.72. The van der Waals surface area contributed by atoms with Gasteiger partial charge in [-0.1, -0.05) is 31.0 Å². The second-order valence-electron chi connectivity index (χ2n) is 4.31. The van der Waals surface area contributed by atoms with Gasteiger partial charge < -0.3 is 0 Å². The highest BCUT2D eigenvalue weighted by molar-refractivity contribution is 6.17. The van der Waals surface area contributed by atoms with E-state index in [2.05, 4.69) is 25.1 Å². The monoisotopic (exact) mass is 208 g/mol. The van der Waals surface area contributed by atoms with Crippen LogP contribution in [0, 0.1) is 6.92 Å². The van der Waals surface area contributed by atoms with E-state index in [4.69, 9.17) is 11.6 Å². The fourth-order valence-corrected chi connectivity index (χ4v) is 2.68. The third kappa shape index (κ3) is 1.95. The number of hydrogen-bond donors (Lipinski definition) is 0. The summed E-state index contributed by atoms with van der Waals surface area (Å²) < 4.78 is 0. The largest absolute Gasteiger partial charge is 0.122 e. The normalized spacial score (nSPS) is 17.6. The number of alkyl halides is 1. The molecule has 0 N–H and O–H groups in total. The summed E-state index contributed by atoms with van der Waals surface area (Å²) in [6.07, 6.45) is 5.56. The minimum atomic E-state index is 0.631. The molecule has 0 radical (unpaired) electrons. The highest BCUT2D eigenvalue weighted by Crippen LogP contribution is 2.35. The van der Waals surface area contributed by atoms with Crippen molar-refractivity contribution in [1.29, 1.82) is 0 Å². The lowest BCUT2D eigenvalue weighted by Crippen LogP contribution is -1.96. The Kier molecular flexibility index (Phi) is 3.12. The molecule has 0 spiro atoms. The molecule has 1 aromatic carbocycles. The van der Waals surface area contributed by atoms with E-state index < -0.39 is 0 Å². The predicted octanol–water partition coefficient (Wildman–Crippen LogP) is 4.39. The number of aryl methyl sites for hydroxylation is 1. The highest BCUT2D eigenvalue weighted by atomic mass is 35.5. The van der Waals surface area contributed by atoms with Crippen LogP contribution in [-0.4, -0.2) is 0 Å². The van der Waals surface area contributed by atoms with Crippen LogP contribution in [0.5, 0.6) is 0 Å². The maximum atomic E-state index is 5.81. The first kappa shape index (κ1) is 10.0. The van der Waals surface area contributed by atoms with Crippen molar-refractivity contribution < 1.29 is 0 Å². The molecule has 76 valence electrons. The lowest BCUT2D eigenvalue weighted by atomic mass is 9.92. The summed E-state index contributed by atoms with van der Waals surface area (Å²) in [4.78, 5) is 0. The van der Waals surface area contributed by atoms with Crippen LogP contribution in [0.3, 0.4) is 0 Å². The third-order valence-electron chi connectivity index (χ3n) is 3.28. The molecule has 0 bridgehead atoms.